The molecular weight excluding hydrogens is 312 g/mol. The molecule has 0 aromatic carbocycles. The number of nitrogens with one attached hydrogen (secondary N) is 1. The Balaban J connectivity index is 1.94. The number of hydrogen-bond donors (Lipinski definition) is 1. The van der Waals surface area contributed by atoms with Gasteiger partial charge in [-0.3, -0.25) is 9.59 Å². The van der Waals surface area contributed by atoms with E-state index in [0.29, 0.717) is 4.88 Å². The molecule has 1 aliphatic heterocycles. The first-order chi connectivity index (χ1) is 9.80. The molecule has 116 valence electrons. The van der Waals surface area contributed by atoms with Gasteiger partial charge in [-0.05, 0) is 30.9 Å². The highest BCUT2D eigenvalue weighted by Crippen LogP contribution is 2.15. The first-order valence-corrected chi connectivity index (χ1v) is 9.34. The van der Waals surface area contributed by atoms with Crippen LogP contribution in [0.1, 0.15) is 22.2 Å². The van der Waals surface area contributed by atoms with Gasteiger partial charge in [0.15, 0.2) is 9.84 Å². The zero-order valence-electron chi connectivity index (χ0n) is 12.0. The second-order valence-corrected chi connectivity index (χ2v) is 8.32. The summed E-state index contributed by atoms with van der Waals surface area (Å²) >= 11 is 1.33. The highest BCUT2D eigenvalue weighted by atomic mass is 32.2. The quantitative estimate of drug-likeness (QED) is 0.871. The molecule has 8 heteroatoms. The van der Waals surface area contributed by atoms with Crippen molar-refractivity contribution in [2.75, 3.05) is 24.6 Å². The van der Waals surface area contributed by atoms with Gasteiger partial charge < -0.3 is 10.2 Å². The van der Waals surface area contributed by atoms with Crippen molar-refractivity contribution >= 4 is 33.0 Å². The molecular formula is C13H18N2O4S2. The first kappa shape index (κ1) is 16.0. The van der Waals surface area contributed by atoms with E-state index in [0.717, 1.165) is 5.56 Å². The fourth-order valence-electron chi connectivity index (χ4n) is 2.14. The minimum atomic E-state index is -3.02. The Hall–Kier alpha value is -1.41. The fraction of sp³-hybridized carbons (Fsp3) is 0.538. The van der Waals surface area contributed by atoms with Gasteiger partial charge in [0.05, 0.1) is 16.4 Å². The van der Waals surface area contributed by atoms with Crippen molar-refractivity contribution < 1.29 is 18.0 Å². The summed E-state index contributed by atoms with van der Waals surface area (Å²) in [6.45, 7) is 3.85. The smallest absolute Gasteiger partial charge is 0.262 e. The van der Waals surface area contributed by atoms with Gasteiger partial charge in [0.2, 0.25) is 5.91 Å². The van der Waals surface area contributed by atoms with Gasteiger partial charge in [-0.1, -0.05) is 0 Å². The Morgan fingerprint density at radius 1 is 1.33 bits per heavy atom. The van der Waals surface area contributed by atoms with Crippen LogP contribution in [-0.2, 0) is 14.6 Å². The summed E-state index contributed by atoms with van der Waals surface area (Å²) in [7, 11) is -3.02. The lowest BCUT2D eigenvalue weighted by molar-refractivity contribution is -0.132. The number of amides is 2. The van der Waals surface area contributed by atoms with E-state index >= 15 is 0 Å². The SMILES string of the molecule is Cc1ccsc1C(=O)N[C@H](C)C(=O)N1CCS(=O)(=O)CC1. The number of sulfone groups is 1. The van der Waals surface area contributed by atoms with E-state index in [1.165, 1.54) is 16.2 Å². The molecule has 2 rings (SSSR count). The molecule has 0 radical (unpaired) electrons. The Morgan fingerprint density at radius 3 is 2.48 bits per heavy atom. The number of carbonyl (C=O) groups excluding carboxylic acids is 2. The second kappa shape index (κ2) is 6.15. The minimum Gasteiger partial charge on any atom is -0.340 e. The molecule has 1 aliphatic rings. The van der Waals surface area contributed by atoms with Gasteiger partial charge in [-0.15, -0.1) is 11.3 Å². The molecule has 0 aliphatic carbocycles. The van der Waals surface area contributed by atoms with Crippen molar-refractivity contribution in [1.82, 2.24) is 10.2 Å². The summed E-state index contributed by atoms with van der Waals surface area (Å²) in [6, 6.07) is 1.18. The largest absolute Gasteiger partial charge is 0.340 e. The van der Waals surface area contributed by atoms with Crippen LogP contribution in [0.25, 0.3) is 0 Å². The zero-order valence-corrected chi connectivity index (χ0v) is 13.6. The third kappa shape index (κ3) is 3.82. The van der Waals surface area contributed by atoms with Gasteiger partial charge >= 0.3 is 0 Å². The van der Waals surface area contributed by atoms with E-state index in [1.807, 2.05) is 18.4 Å². The molecule has 0 unspecified atom stereocenters. The summed E-state index contributed by atoms with van der Waals surface area (Å²) in [5.41, 5.74) is 0.876. The lowest BCUT2D eigenvalue weighted by Crippen LogP contribution is -2.51. The Bertz CT molecular complexity index is 637. The van der Waals surface area contributed by atoms with Crippen LogP contribution in [-0.4, -0.2) is 55.8 Å². The van der Waals surface area contributed by atoms with E-state index in [2.05, 4.69) is 5.32 Å². The summed E-state index contributed by atoms with van der Waals surface area (Å²) in [5, 5.41) is 4.50. The molecule has 21 heavy (non-hydrogen) atoms. The van der Waals surface area contributed by atoms with Crippen molar-refractivity contribution in [2.24, 2.45) is 0 Å². The topological polar surface area (TPSA) is 83.6 Å². The Kier molecular flexibility index (Phi) is 4.67. The molecule has 0 spiro atoms. The summed E-state index contributed by atoms with van der Waals surface area (Å²) in [5.74, 6) is -0.534. The Morgan fingerprint density at radius 2 is 1.95 bits per heavy atom. The van der Waals surface area contributed by atoms with Crippen molar-refractivity contribution in [3.8, 4) is 0 Å². The predicted octanol–water partition coefficient (Wildman–Crippen LogP) is 0.432. The average molecular weight is 330 g/mol. The number of hydrogen-bond acceptors (Lipinski definition) is 5. The molecule has 0 saturated carbocycles. The van der Waals surface area contributed by atoms with Crippen LogP contribution < -0.4 is 5.32 Å². The van der Waals surface area contributed by atoms with E-state index in [-0.39, 0.29) is 36.4 Å². The number of rotatable bonds is 3. The lowest BCUT2D eigenvalue weighted by Gasteiger charge is -2.29. The highest BCUT2D eigenvalue weighted by molar-refractivity contribution is 7.91. The summed E-state index contributed by atoms with van der Waals surface area (Å²) in [6.07, 6.45) is 0. The molecule has 0 bridgehead atoms. The van der Waals surface area contributed by atoms with Crippen LogP contribution >= 0.6 is 11.3 Å². The van der Waals surface area contributed by atoms with Crippen molar-refractivity contribution in [1.29, 1.82) is 0 Å². The maximum Gasteiger partial charge on any atom is 0.262 e. The van der Waals surface area contributed by atoms with Crippen LogP contribution in [0.3, 0.4) is 0 Å². The number of carbonyl (C=O) groups is 2. The third-order valence-corrected chi connectivity index (χ3v) is 6.07. The van der Waals surface area contributed by atoms with Crippen LogP contribution in [0, 0.1) is 6.92 Å². The summed E-state index contributed by atoms with van der Waals surface area (Å²) in [4.78, 5) is 26.4. The maximum atomic E-state index is 12.2. The number of nitrogens with zero attached hydrogens (tertiary/aromatic N) is 1. The van der Waals surface area contributed by atoms with Gasteiger partial charge in [0.1, 0.15) is 6.04 Å². The van der Waals surface area contributed by atoms with Crippen molar-refractivity contribution in [2.45, 2.75) is 19.9 Å². The van der Waals surface area contributed by atoms with Crippen LogP contribution in [0.15, 0.2) is 11.4 Å². The van der Waals surface area contributed by atoms with Gasteiger partial charge in [-0.2, -0.15) is 0 Å². The molecule has 1 aromatic heterocycles. The van der Waals surface area contributed by atoms with Crippen LogP contribution in [0.5, 0.6) is 0 Å². The van der Waals surface area contributed by atoms with Crippen LogP contribution in [0.2, 0.25) is 0 Å². The highest BCUT2D eigenvalue weighted by Gasteiger charge is 2.28. The summed E-state index contributed by atoms with van der Waals surface area (Å²) < 4.78 is 22.7. The van der Waals surface area contributed by atoms with E-state index in [1.54, 1.807) is 6.92 Å². The maximum absolute atomic E-state index is 12.2. The van der Waals surface area contributed by atoms with Gasteiger partial charge in [0, 0.05) is 13.1 Å². The lowest BCUT2D eigenvalue weighted by atomic mass is 10.2. The van der Waals surface area contributed by atoms with Crippen molar-refractivity contribution in [3.05, 3.63) is 21.9 Å². The molecule has 2 amide bonds. The third-order valence-electron chi connectivity index (χ3n) is 3.44. The molecule has 1 aromatic rings. The molecule has 1 N–H and O–H groups in total. The molecule has 1 saturated heterocycles. The number of thiophene rings is 1. The number of aryl methyl sites for hydroxylation is 1. The van der Waals surface area contributed by atoms with Gasteiger partial charge in [-0.25, -0.2) is 8.42 Å². The monoisotopic (exact) mass is 330 g/mol. The first-order valence-electron chi connectivity index (χ1n) is 6.64. The van der Waals surface area contributed by atoms with E-state index in [9.17, 15) is 18.0 Å². The Labute approximate surface area is 128 Å². The average Bonchev–Trinajstić information content (AvgIpc) is 2.84. The minimum absolute atomic E-state index is 0.0105. The second-order valence-electron chi connectivity index (χ2n) is 5.10. The van der Waals surface area contributed by atoms with Gasteiger partial charge in [0.25, 0.3) is 5.91 Å². The predicted molar refractivity (Wildman–Crippen MR) is 81.2 cm³/mol. The molecule has 2 heterocycles. The normalized spacial score (nSPS) is 19.0. The zero-order chi connectivity index (χ0) is 15.6. The van der Waals surface area contributed by atoms with E-state index in [4.69, 9.17) is 0 Å². The van der Waals surface area contributed by atoms with Crippen molar-refractivity contribution in [3.63, 3.8) is 0 Å². The van der Waals surface area contributed by atoms with E-state index < -0.39 is 15.9 Å². The molecule has 1 atom stereocenters. The standard InChI is InChI=1S/C13H18N2O4S2/c1-9-3-6-20-11(9)12(16)14-10(2)13(17)15-4-7-21(18,19)8-5-15/h3,6,10H,4-5,7-8H2,1-2H3,(H,14,16)/t10-/m1/s1. The molecule has 6 nitrogen and oxygen atoms in total. The fourth-order valence-corrected chi connectivity index (χ4v) is 4.17. The molecule has 1 fully saturated rings. The van der Waals surface area contributed by atoms with Crippen LogP contribution in [0.4, 0.5) is 0 Å².